The number of ether oxygens (including phenoxy) is 1. The molecular formula is C17H14N4O4S. The Morgan fingerprint density at radius 3 is 2.54 bits per heavy atom. The molecule has 0 saturated heterocycles. The van der Waals surface area contributed by atoms with Gasteiger partial charge in [0.25, 0.3) is 5.91 Å². The van der Waals surface area contributed by atoms with E-state index in [1.54, 1.807) is 30.3 Å². The molecule has 3 aromatic rings. The van der Waals surface area contributed by atoms with Gasteiger partial charge in [0.2, 0.25) is 5.91 Å². The van der Waals surface area contributed by atoms with Crippen molar-refractivity contribution < 1.29 is 19.1 Å². The average molecular weight is 370 g/mol. The molecule has 3 rings (SSSR count). The quantitative estimate of drug-likeness (QED) is 0.668. The summed E-state index contributed by atoms with van der Waals surface area (Å²) in [5.41, 5.74) is 2.63. The fourth-order valence-corrected chi connectivity index (χ4v) is 2.75. The normalized spacial score (nSPS) is 10.3. The number of hydrogen-bond donors (Lipinski definition) is 2. The van der Waals surface area contributed by atoms with Gasteiger partial charge in [0, 0.05) is 12.6 Å². The number of fused-ring (bicyclic) bond motifs is 1. The highest BCUT2D eigenvalue weighted by molar-refractivity contribution is 7.00. The van der Waals surface area contributed by atoms with Gasteiger partial charge in [-0.15, -0.1) is 0 Å². The van der Waals surface area contributed by atoms with Crippen LogP contribution in [0.3, 0.4) is 0 Å². The number of nitrogens with one attached hydrogen (secondary N) is 2. The van der Waals surface area contributed by atoms with Crippen LogP contribution in [0.5, 0.6) is 0 Å². The van der Waals surface area contributed by atoms with Gasteiger partial charge in [-0.1, -0.05) is 6.07 Å². The molecule has 0 unspecified atom stereocenters. The van der Waals surface area contributed by atoms with Gasteiger partial charge in [0.05, 0.1) is 23.0 Å². The van der Waals surface area contributed by atoms with E-state index in [9.17, 15) is 14.4 Å². The van der Waals surface area contributed by atoms with Gasteiger partial charge in [0.15, 0.2) is 6.61 Å². The predicted octanol–water partition coefficient (Wildman–Crippen LogP) is 2.45. The Labute approximate surface area is 152 Å². The topological polar surface area (TPSA) is 110 Å². The van der Waals surface area contributed by atoms with Crippen molar-refractivity contribution in [3.63, 3.8) is 0 Å². The SMILES string of the molecule is CC(=O)Nc1ccc(C(=O)OCC(=O)Nc2cccc3nsnc23)cc1. The maximum Gasteiger partial charge on any atom is 0.338 e. The van der Waals surface area contributed by atoms with Crippen molar-refractivity contribution in [2.45, 2.75) is 6.92 Å². The lowest BCUT2D eigenvalue weighted by molar-refractivity contribution is -0.119. The third kappa shape index (κ3) is 4.19. The van der Waals surface area contributed by atoms with Gasteiger partial charge < -0.3 is 15.4 Å². The first-order chi connectivity index (χ1) is 12.5. The molecule has 8 nitrogen and oxygen atoms in total. The van der Waals surface area contributed by atoms with Gasteiger partial charge in [0.1, 0.15) is 11.0 Å². The van der Waals surface area contributed by atoms with Gasteiger partial charge in [-0.05, 0) is 36.4 Å². The number of carbonyl (C=O) groups is 3. The van der Waals surface area contributed by atoms with Crippen LogP contribution in [0, 0.1) is 0 Å². The Bertz CT molecular complexity index is 968. The molecule has 2 N–H and O–H groups in total. The van der Waals surface area contributed by atoms with Crippen LogP contribution < -0.4 is 10.6 Å². The lowest BCUT2D eigenvalue weighted by Crippen LogP contribution is -2.21. The van der Waals surface area contributed by atoms with Crippen LogP contribution in [-0.4, -0.2) is 33.1 Å². The minimum atomic E-state index is -0.636. The van der Waals surface area contributed by atoms with Crippen molar-refractivity contribution in [2.24, 2.45) is 0 Å². The van der Waals surface area contributed by atoms with Gasteiger partial charge in [-0.25, -0.2) is 4.79 Å². The molecular weight excluding hydrogens is 356 g/mol. The maximum absolute atomic E-state index is 12.0. The van der Waals surface area contributed by atoms with E-state index in [0.717, 1.165) is 11.7 Å². The maximum atomic E-state index is 12.0. The largest absolute Gasteiger partial charge is 0.452 e. The number of esters is 1. The summed E-state index contributed by atoms with van der Waals surface area (Å²) in [6.45, 7) is 0.962. The molecule has 1 heterocycles. The fraction of sp³-hybridized carbons (Fsp3) is 0.118. The van der Waals surface area contributed by atoms with Crippen LogP contribution in [0.1, 0.15) is 17.3 Å². The number of hydrogen-bond acceptors (Lipinski definition) is 7. The Balaban J connectivity index is 1.56. The smallest absolute Gasteiger partial charge is 0.338 e. The zero-order valence-electron chi connectivity index (χ0n) is 13.7. The van der Waals surface area contributed by atoms with Crippen molar-refractivity contribution >= 4 is 51.9 Å². The molecule has 0 radical (unpaired) electrons. The number of nitrogens with zero attached hydrogens (tertiary/aromatic N) is 2. The number of rotatable bonds is 5. The fourth-order valence-electron chi connectivity index (χ4n) is 2.20. The van der Waals surface area contributed by atoms with Gasteiger partial charge in [-0.2, -0.15) is 8.75 Å². The number of carbonyl (C=O) groups excluding carboxylic acids is 3. The molecule has 0 aliphatic heterocycles. The number of benzene rings is 2. The van der Waals surface area contributed by atoms with Crippen LogP contribution in [0.4, 0.5) is 11.4 Å². The Kier molecular flexibility index (Phi) is 5.18. The van der Waals surface area contributed by atoms with Gasteiger partial charge >= 0.3 is 5.97 Å². The molecule has 132 valence electrons. The zero-order valence-corrected chi connectivity index (χ0v) is 14.5. The Hall–Kier alpha value is -3.33. The number of aromatic nitrogens is 2. The molecule has 0 aliphatic carbocycles. The number of amides is 2. The summed E-state index contributed by atoms with van der Waals surface area (Å²) in [5.74, 6) is -1.32. The molecule has 0 spiro atoms. The van der Waals surface area contributed by atoms with E-state index in [4.69, 9.17) is 4.74 Å². The predicted molar refractivity (Wildman–Crippen MR) is 97.1 cm³/mol. The van der Waals surface area contributed by atoms with E-state index < -0.39 is 18.5 Å². The lowest BCUT2D eigenvalue weighted by atomic mass is 10.2. The average Bonchev–Trinajstić information content (AvgIpc) is 3.09. The first kappa shape index (κ1) is 17.5. The Morgan fingerprint density at radius 2 is 1.81 bits per heavy atom. The zero-order chi connectivity index (χ0) is 18.5. The van der Waals surface area contributed by atoms with Crippen LogP contribution in [-0.2, 0) is 14.3 Å². The third-order valence-electron chi connectivity index (χ3n) is 3.34. The lowest BCUT2D eigenvalue weighted by Gasteiger charge is -2.07. The standard InChI is InChI=1S/C17H14N4O4S/c1-10(22)18-12-7-5-11(6-8-12)17(24)25-9-15(23)19-13-3-2-4-14-16(13)21-26-20-14/h2-8H,9H2,1H3,(H,18,22)(H,19,23). The number of anilines is 2. The second kappa shape index (κ2) is 7.70. The first-order valence-corrected chi connectivity index (χ1v) is 8.32. The summed E-state index contributed by atoms with van der Waals surface area (Å²) < 4.78 is 13.2. The molecule has 26 heavy (non-hydrogen) atoms. The highest BCUT2D eigenvalue weighted by Crippen LogP contribution is 2.21. The molecule has 2 amide bonds. The second-order valence-electron chi connectivity index (χ2n) is 5.32. The van der Waals surface area contributed by atoms with Crippen molar-refractivity contribution in [1.82, 2.24) is 8.75 Å². The van der Waals surface area contributed by atoms with Crippen molar-refractivity contribution in [3.05, 3.63) is 48.0 Å². The molecule has 0 saturated carbocycles. The summed E-state index contributed by atoms with van der Waals surface area (Å²) in [6.07, 6.45) is 0. The highest BCUT2D eigenvalue weighted by Gasteiger charge is 2.12. The van der Waals surface area contributed by atoms with E-state index >= 15 is 0 Å². The van der Waals surface area contributed by atoms with E-state index in [0.29, 0.717) is 22.4 Å². The summed E-state index contributed by atoms with van der Waals surface area (Å²) in [5, 5.41) is 5.24. The van der Waals surface area contributed by atoms with E-state index in [1.807, 2.05) is 0 Å². The van der Waals surface area contributed by atoms with Gasteiger partial charge in [-0.3, -0.25) is 9.59 Å². The van der Waals surface area contributed by atoms with E-state index in [1.165, 1.54) is 19.1 Å². The second-order valence-corrected chi connectivity index (χ2v) is 5.85. The summed E-state index contributed by atoms with van der Waals surface area (Å²) in [4.78, 5) is 35.0. The van der Waals surface area contributed by atoms with Crippen LogP contribution in [0.15, 0.2) is 42.5 Å². The summed E-state index contributed by atoms with van der Waals surface area (Å²) in [6, 6.07) is 11.4. The molecule has 0 fully saturated rings. The summed E-state index contributed by atoms with van der Waals surface area (Å²) >= 11 is 1.05. The Morgan fingerprint density at radius 1 is 1.04 bits per heavy atom. The molecule has 0 atom stereocenters. The highest BCUT2D eigenvalue weighted by atomic mass is 32.1. The van der Waals surface area contributed by atoms with Crippen molar-refractivity contribution in [1.29, 1.82) is 0 Å². The molecule has 2 aromatic carbocycles. The van der Waals surface area contributed by atoms with E-state index in [2.05, 4.69) is 19.4 Å². The molecule has 0 bridgehead atoms. The molecule has 9 heteroatoms. The monoisotopic (exact) mass is 370 g/mol. The minimum absolute atomic E-state index is 0.206. The molecule has 0 aliphatic rings. The first-order valence-electron chi connectivity index (χ1n) is 7.59. The van der Waals surface area contributed by atoms with E-state index in [-0.39, 0.29) is 11.5 Å². The van der Waals surface area contributed by atoms with Crippen LogP contribution >= 0.6 is 11.7 Å². The van der Waals surface area contributed by atoms with Crippen molar-refractivity contribution in [3.8, 4) is 0 Å². The van der Waals surface area contributed by atoms with Crippen molar-refractivity contribution in [2.75, 3.05) is 17.2 Å². The van der Waals surface area contributed by atoms with Crippen LogP contribution in [0.25, 0.3) is 11.0 Å². The summed E-state index contributed by atoms with van der Waals surface area (Å²) in [7, 11) is 0. The molecule has 1 aromatic heterocycles. The minimum Gasteiger partial charge on any atom is -0.452 e. The van der Waals surface area contributed by atoms with Crippen LogP contribution in [0.2, 0.25) is 0 Å². The third-order valence-corrected chi connectivity index (χ3v) is 3.88.